The van der Waals surface area contributed by atoms with Crippen LogP contribution in [0.15, 0.2) is 24.3 Å². The Hall–Kier alpha value is -4.84. The molecule has 0 radical (unpaired) electrons. The van der Waals surface area contributed by atoms with Crippen molar-refractivity contribution in [1.82, 2.24) is 9.97 Å². The van der Waals surface area contributed by atoms with Crippen LogP contribution in [0.25, 0.3) is 0 Å². The SMILES string of the molecule is Nc1cc(N2CCCCC2)nc(N)[n+]1O.Nc1cc(N2CCCCC2)nc(N)[n+]1O.O.O.O=C([O-])/C=C/C(=O)[O-]. The number of piperidine rings is 2. The second kappa shape index (κ2) is 16.9. The van der Waals surface area contributed by atoms with Crippen LogP contribution in [0.1, 0.15) is 38.5 Å². The highest BCUT2D eigenvalue weighted by atomic mass is 16.5. The van der Waals surface area contributed by atoms with Gasteiger partial charge < -0.3 is 73.9 Å². The van der Waals surface area contributed by atoms with Crippen LogP contribution in [0, 0.1) is 0 Å². The van der Waals surface area contributed by atoms with Gasteiger partial charge in [0.2, 0.25) is 11.6 Å². The molecule has 0 bridgehead atoms. The molecule has 0 atom stereocenters. The van der Waals surface area contributed by atoms with Crippen molar-refractivity contribution in [3.05, 3.63) is 24.3 Å². The third-order valence-corrected chi connectivity index (χ3v) is 5.65. The maximum atomic E-state index is 9.41. The molecule has 2 aromatic rings. The third kappa shape index (κ3) is 10.9. The molecule has 4 rings (SSSR count). The van der Waals surface area contributed by atoms with Crippen molar-refractivity contribution in [1.29, 1.82) is 0 Å². The van der Waals surface area contributed by atoms with Crippen molar-refractivity contribution in [2.45, 2.75) is 38.5 Å². The zero-order valence-electron chi connectivity index (χ0n) is 21.9. The number of aromatic nitrogens is 4. The average molecular weight is 571 g/mol. The minimum Gasteiger partial charge on any atom is -0.545 e. The first kappa shape index (κ1) is 35.2. The van der Waals surface area contributed by atoms with Gasteiger partial charge in [0.15, 0.2) is 11.6 Å². The Labute approximate surface area is 229 Å². The van der Waals surface area contributed by atoms with E-state index in [4.69, 9.17) is 22.9 Å². The number of nitrogens with zero attached hydrogens (tertiary/aromatic N) is 6. The molecule has 0 aromatic carbocycles. The number of hydrogen-bond acceptors (Lipinski definition) is 14. The van der Waals surface area contributed by atoms with Gasteiger partial charge in [-0.15, -0.1) is 0 Å². The lowest BCUT2D eigenvalue weighted by atomic mass is 10.1. The number of nitrogens with two attached hydrogens (primary N) is 4. The molecule has 18 nitrogen and oxygen atoms in total. The Morgan fingerprint density at radius 1 is 0.700 bits per heavy atom. The molecular formula is C22H38N10O8. The molecule has 2 aliphatic heterocycles. The van der Waals surface area contributed by atoms with Gasteiger partial charge in [-0.3, -0.25) is 0 Å². The van der Waals surface area contributed by atoms with Crippen molar-refractivity contribution in [3.63, 3.8) is 0 Å². The second-order valence-electron chi connectivity index (χ2n) is 8.49. The standard InChI is InChI=1S/2C9H15N5O.C4H4O4.2H2O/c2*10-7-6-8(12-9(11)14(7)15)13-4-2-1-3-5-13;5-3(6)1-2-4(7)8;;/h2*6,15H,1-5H2,(H3,10,11,12);1-2H,(H,5,6)(H,7,8);2*1H2/b;;2-1+;;. The Morgan fingerprint density at radius 2 is 1.00 bits per heavy atom. The number of carbonyl (C=O) groups is 2. The molecule has 40 heavy (non-hydrogen) atoms. The van der Waals surface area contributed by atoms with Gasteiger partial charge in [0, 0.05) is 26.2 Å². The Bertz CT molecular complexity index is 1010. The molecule has 0 aliphatic carbocycles. The van der Waals surface area contributed by atoms with E-state index >= 15 is 0 Å². The quantitative estimate of drug-likeness (QED) is 0.114. The number of aliphatic carboxylic acids is 2. The first-order valence-corrected chi connectivity index (χ1v) is 11.9. The summed E-state index contributed by atoms with van der Waals surface area (Å²) in [4.78, 5) is 31.3. The number of carbonyl (C=O) groups excluding carboxylic acids is 2. The topological polar surface area (TPSA) is 328 Å². The fraction of sp³-hybridized carbons (Fsp3) is 0.455. The lowest BCUT2D eigenvalue weighted by molar-refractivity contribution is -0.883. The van der Waals surface area contributed by atoms with Crippen LogP contribution in [-0.4, -0.2) is 69.5 Å². The normalized spacial score (nSPS) is 14.4. The van der Waals surface area contributed by atoms with Crippen LogP contribution in [0.3, 0.4) is 0 Å². The molecule has 2 saturated heterocycles. The maximum absolute atomic E-state index is 9.41. The van der Waals surface area contributed by atoms with Crippen molar-refractivity contribution >= 4 is 47.1 Å². The molecule has 224 valence electrons. The molecule has 2 fully saturated rings. The van der Waals surface area contributed by atoms with E-state index in [2.05, 4.69) is 19.8 Å². The number of nitrogen functional groups attached to an aromatic ring is 4. The maximum Gasteiger partial charge on any atom is 0.383 e. The molecule has 18 heteroatoms. The van der Waals surface area contributed by atoms with Gasteiger partial charge in [0.1, 0.15) is 0 Å². The largest absolute Gasteiger partial charge is 0.545 e. The van der Waals surface area contributed by atoms with Crippen LogP contribution in [0.4, 0.5) is 35.2 Å². The zero-order valence-corrected chi connectivity index (χ0v) is 21.9. The van der Waals surface area contributed by atoms with E-state index in [1.807, 2.05) is 0 Å². The van der Waals surface area contributed by atoms with Crippen LogP contribution in [-0.2, 0) is 9.59 Å². The van der Waals surface area contributed by atoms with Crippen molar-refractivity contribution in [3.8, 4) is 0 Å². The third-order valence-electron chi connectivity index (χ3n) is 5.65. The molecule has 14 N–H and O–H groups in total. The molecule has 0 amide bonds. The van der Waals surface area contributed by atoms with Crippen molar-refractivity contribution in [2.24, 2.45) is 0 Å². The van der Waals surface area contributed by atoms with E-state index < -0.39 is 11.9 Å². The molecule has 0 unspecified atom stereocenters. The van der Waals surface area contributed by atoms with E-state index in [1.165, 1.54) is 12.8 Å². The van der Waals surface area contributed by atoms with E-state index in [-0.39, 0.29) is 34.5 Å². The first-order chi connectivity index (χ1) is 18.0. The summed E-state index contributed by atoms with van der Waals surface area (Å²) in [7, 11) is 0. The summed E-state index contributed by atoms with van der Waals surface area (Å²) in [5, 5.41) is 37.5. The molecule has 4 heterocycles. The highest BCUT2D eigenvalue weighted by Gasteiger charge is 2.20. The van der Waals surface area contributed by atoms with Gasteiger partial charge in [-0.2, -0.15) is 0 Å². The Kier molecular flexibility index (Phi) is 14.8. The van der Waals surface area contributed by atoms with Gasteiger partial charge in [-0.25, -0.2) is 0 Å². The van der Waals surface area contributed by atoms with Crippen LogP contribution in [0.2, 0.25) is 0 Å². The fourth-order valence-electron chi connectivity index (χ4n) is 3.75. The number of anilines is 6. The van der Waals surface area contributed by atoms with E-state index in [9.17, 15) is 30.2 Å². The molecular weight excluding hydrogens is 532 g/mol. The van der Waals surface area contributed by atoms with Crippen LogP contribution >= 0.6 is 0 Å². The Balaban J connectivity index is 0.000000585. The highest BCUT2D eigenvalue weighted by molar-refractivity contribution is 5.87. The first-order valence-electron chi connectivity index (χ1n) is 11.9. The predicted octanol–water partition coefficient (Wildman–Crippen LogP) is -5.08. The summed E-state index contributed by atoms with van der Waals surface area (Å²) < 4.78 is 1.38. The van der Waals surface area contributed by atoms with Gasteiger partial charge in [0.25, 0.3) is 0 Å². The van der Waals surface area contributed by atoms with Crippen LogP contribution < -0.4 is 52.4 Å². The minimum absolute atomic E-state index is 0. The molecule has 0 saturated carbocycles. The van der Waals surface area contributed by atoms with E-state index in [0.29, 0.717) is 21.6 Å². The summed E-state index contributed by atoms with van der Waals surface area (Å²) in [6.45, 7) is 3.89. The summed E-state index contributed by atoms with van der Waals surface area (Å²) in [5.74, 6) is -1.13. The van der Waals surface area contributed by atoms with E-state index in [0.717, 1.165) is 63.5 Å². The lowest BCUT2D eigenvalue weighted by Gasteiger charge is -2.26. The number of rotatable bonds is 4. The fourth-order valence-corrected chi connectivity index (χ4v) is 3.75. The molecule has 2 aromatic heterocycles. The summed E-state index contributed by atoms with van der Waals surface area (Å²) in [6, 6.07) is 3.28. The van der Waals surface area contributed by atoms with Gasteiger partial charge in [0.05, 0.1) is 24.1 Å². The number of carboxylic acids is 2. The van der Waals surface area contributed by atoms with Gasteiger partial charge >= 0.3 is 11.9 Å². The summed E-state index contributed by atoms with van der Waals surface area (Å²) in [5.41, 5.74) is 22.2. The summed E-state index contributed by atoms with van der Waals surface area (Å²) in [6.07, 6.45) is 7.93. The number of carboxylic acid groups (broad SMARTS) is 2. The van der Waals surface area contributed by atoms with E-state index in [1.54, 1.807) is 12.1 Å². The van der Waals surface area contributed by atoms with Crippen molar-refractivity contribution in [2.75, 3.05) is 58.9 Å². The predicted molar refractivity (Wildman–Crippen MR) is 139 cm³/mol. The highest BCUT2D eigenvalue weighted by Crippen LogP contribution is 2.19. The number of hydrogen-bond donors (Lipinski definition) is 6. The smallest absolute Gasteiger partial charge is 0.383 e. The average Bonchev–Trinajstić information content (AvgIpc) is 2.90. The van der Waals surface area contributed by atoms with Gasteiger partial charge in [-0.1, -0.05) is 9.97 Å². The lowest BCUT2D eigenvalue weighted by Crippen LogP contribution is -2.40. The molecule has 2 aliphatic rings. The Morgan fingerprint density at radius 3 is 1.25 bits per heavy atom. The summed E-state index contributed by atoms with van der Waals surface area (Å²) >= 11 is 0. The molecule has 0 spiro atoms. The van der Waals surface area contributed by atoms with Gasteiger partial charge in [-0.05, 0) is 60.1 Å². The minimum atomic E-state index is -1.55. The van der Waals surface area contributed by atoms with Crippen LogP contribution in [0.5, 0.6) is 0 Å². The zero-order chi connectivity index (χ0) is 28.2. The van der Waals surface area contributed by atoms with Crippen molar-refractivity contribution < 1.29 is 50.6 Å². The monoisotopic (exact) mass is 570 g/mol. The second-order valence-corrected chi connectivity index (χ2v) is 8.49.